The molecule has 0 aromatic carbocycles. The number of sulfone groups is 1. The third-order valence-corrected chi connectivity index (χ3v) is 2.43. The van der Waals surface area contributed by atoms with Gasteiger partial charge in [0, 0.05) is 19.8 Å². The minimum Gasteiger partial charge on any atom is -0.444 e. The van der Waals surface area contributed by atoms with Gasteiger partial charge in [-0.05, 0) is 20.8 Å². The molecule has 0 aliphatic carbocycles. The largest absolute Gasteiger partial charge is 0.444 e. The number of carbonyl (C=O) groups excluding carboxylic acids is 1. The van der Waals surface area contributed by atoms with Gasteiger partial charge in [-0.25, -0.2) is 13.2 Å². The Balaban J connectivity index is 4.12. The lowest BCUT2D eigenvalue weighted by atomic mass is 10.2. The molecule has 0 aromatic rings. The van der Waals surface area contributed by atoms with E-state index in [0.717, 1.165) is 6.26 Å². The Kier molecular flexibility index (Phi) is 4.58. The van der Waals surface area contributed by atoms with E-state index in [-0.39, 0.29) is 12.3 Å². The molecule has 0 rings (SSSR count). The molecule has 0 radical (unpaired) electrons. The van der Waals surface area contributed by atoms with Crippen molar-refractivity contribution in [3.63, 3.8) is 0 Å². The van der Waals surface area contributed by atoms with Crippen molar-refractivity contribution in [2.45, 2.75) is 26.4 Å². The number of hydrogen-bond acceptors (Lipinski definition) is 4. The van der Waals surface area contributed by atoms with Crippen molar-refractivity contribution in [1.29, 1.82) is 0 Å². The molecule has 90 valence electrons. The molecule has 0 unspecified atom stereocenters. The van der Waals surface area contributed by atoms with Crippen molar-refractivity contribution in [3.8, 4) is 0 Å². The third kappa shape index (κ3) is 8.23. The second-order valence-corrected chi connectivity index (χ2v) is 6.79. The second kappa shape index (κ2) is 4.83. The molecular formula is C9H19NO4S. The maximum absolute atomic E-state index is 11.4. The number of rotatable bonds is 3. The van der Waals surface area contributed by atoms with Crippen LogP contribution in [0.15, 0.2) is 0 Å². The van der Waals surface area contributed by atoms with E-state index in [4.69, 9.17) is 4.74 Å². The van der Waals surface area contributed by atoms with Gasteiger partial charge in [0.15, 0.2) is 0 Å². The molecule has 6 heteroatoms. The quantitative estimate of drug-likeness (QED) is 0.731. The Morgan fingerprint density at radius 3 is 2.13 bits per heavy atom. The molecule has 5 nitrogen and oxygen atoms in total. The van der Waals surface area contributed by atoms with Crippen molar-refractivity contribution < 1.29 is 17.9 Å². The third-order valence-electron chi connectivity index (χ3n) is 1.50. The smallest absolute Gasteiger partial charge is 0.410 e. The van der Waals surface area contributed by atoms with E-state index in [1.807, 2.05) is 0 Å². The van der Waals surface area contributed by atoms with Crippen LogP contribution in [-0.2, 0) is 14.6 Å². The van der Waals surface area contributed by atoms with Crippen LogP contribution in [0.2, 0.25) is 0 Å². The highest BCUT2D eigenvalue weighted by Crippen LogP contribution is 2.08. The van der Waals surface area contributed by atoms with Gasteiger partial charge in [0.25, 0.3) is 0 Å². The van der Waals surface area contributed by atoms with Gasteiger partial charge in [0.05, 0.1) is 5.75 Å². The summed E-state index contributed by atoms with van der Waals surface area (Å²) >= 11 is 0. The molecule has 0 atom stereocenters. The first kappa shape index (κ1) is 14.2. The highest BCUT2D eigenvalue weighted by molar-refractivity contribution is 7.90. The van der Waals surface area contributed by atoms with Crippen molar-refractivity contribution in [2.75, 3.05) is 25.6 Å². The summed E-state index contributed by atoms with van der Waals surface area (Å²) in [6.07, 6.45) is 0.627. The van der Waals surface area contributed by atoms with Gasteiger partial charge in [0.2, 0.25) is 0 Å². The first-order valence-corrected chi connectivity index (χ1v) is 6.69. The predicted octanol–water partition coefficient (Wildman–Crippen LogP) is 0.898. The average molecular weight is 237 g/mol. The summed E-state index contributed by atoms with van der Waals surface area (Å²) in [6.45, 7) is 5.42. The molecule has 0 fully saturated rings. The van der Waals surface area contributed by atoms with Crippen LogP contribution in [0.25, 0.3) is 0 Å². The van der Waals surface area contributed by atoms with Crippen LogP contribution in [0.4, 0.5) is 4.79 Å². The lowest BCUT2D eigenvalue weighted by Gasteiger charge is -2.24. The molecule has 0 saturated heterocycles. The highest BCUT2D eigenvalue weighted by atomic mass is 32.2. The standard InChI is InChI=1S/C9H19NO4S/c1-9(2,3)14-8(11)10(4)6-7-15(5,12)13/h6-7H2,1-5H3. The van der Waals surface area contributed by atoms with Crippen LogP contribution in [0.1, 0.15) is 20.8 Å². The first-order valence-electron chi connectivity index (χ1n) is 4.63. The van der Waals surface area contributed by atoms with E-state index in [9.17, 15) is 13.2 Å². The molecule has 0 aliphatic rings. The summed E-state index contributed by atoms with van der Waals surface area (Å²) < 4.78 is 26.8. The monoisotopic (exact) mass is 237 g/mol. The second-order valence-electron chi connectivity index (χ2n) is 4.53. The lowest BCUT2D eigenvalue weighted by molar-refractivity contribution is 0.0309. The Morgan fingerprint density at radius 1 is 1.33 bits per heavy atom. The summed E-state index contributed by atoms with van der Waals surface area (Å²) in [5, 5.41) is 0. The summed E-state index contributed by atoms with van der Waals surface area (Å²) in [5.41, 5.74) is -0.559. The molecule has 1 amide bonds. The molecule has 0 saturated carbocycles. The van der Waals surface area contributed by atoms with E-state index in [1.54, 1.807) is 20.8 Å². The van der Waals surface area contributed by atoms with E-state index >= 15 is 0 Å². The van der Waals surface area contributed by atoms with Gasteiger partial charge >= 0.3 is 6.09 Å². The average Bonchev–Trinajstić information content (AvgIpc) is 1.95. The van der Waals surface area contributed by atoms with Crippen LogP contribution in [-0.4, -0.2) is 50.6 Å². The van der Waals surface area contributed by atoms with Crippen LogP contribution < -0.4 is 0 Å². The Hall–Kier alpha value is -0.780. The zero-order valence-corrected chi connectivity index (χ0v) is 10.7. The molecule has 0 aliphatic heterocycles. The molecule has 0 aromatic heterocycles. The maximum Gasteiger partial charge on any atom is 0.410 e. The highest BCUT2D eigenvalue weighted by Gasteiger charge is 2.19. The Labute approximate surface area is 91.3 Å². The predicted molar refractivity (Wildman–Crippen MR) is 58.6 cm³/mol. The molecular weight excluding hydrogens is 218 g/mol. The normalized spacial score (nSPS) is 12.3. The number of amides is 1. The summed E-state index contributed by atoms with van der Waals surface area (Å²) in [7, 11) is -1.53. The van der Waals surface area contributed by atoms with Gasteiger partial charge in [-0.15, -0.1) is 0 Å². The fourth-order valence-electron chi connectivity index (χ4n) is 0.734. The summed E-state index contributed by atoms with van der Waals surface area (Å²) in [6, 6.07) is 0. The summed E-state index contributed by atoms with van der Waals surface area (Å²) in [4.78, 5) is 12.6. The Bertz CT molecular complexity index is 315. The van der Waals surface area contributed by atoms with Gasteiger partial charge in [0.1, 0.15) is 15.4 Å². The van der Waals surface area contributed by atoms with Gasteiger partial charge in [-0.3, -0.25) is 0 Å². The summed E-state index contributed by atoms with van der Waals surface area (Å²) in [5.74, 6) is -0.0528. The van der Waals surface area contributed by atoms with Crippen LogP contribution in [0.3, 0.4) is 0 Å². The fourth-order valence-corrected chi connectivity index (χ4v) is 1.34. The van der Waals surface area contributed by atoms with Crippen molar-refractivity contribution in [1.82, 2.24) is 4.90 Å². The fraction of sp³-hybridized carbons (Fsp3) is 0.889. The van der Waals surface area contributed by atoms with Gasteiger partial charge < -0.3 is 9.64 Å². The van der Waals surface area contributed by atoms with Crippen LogP contribution in [0.5, 0.6) is 0 Å². The molecule has 0 spiro atoms. The SMILES string of the molecule is CN(CCS(C)(=O)=O)C(=O)OC(C)(C)C. The number of carbonyl (C=O) groups is 1. The maximum atomic E-state index is 11.4. The van der Waals surface area contributed by atoms with E-state index < -0.39 is 21.5 Å². The van der Waals surface area contributed by atoms with Crippen molar-refractivity contribution >= 4 is 15.9 Å². The van der Waals surface area contributed by atoms with E-state index in [1.165, 1.54) is 11.9 Å². The van der Waals surface area contributed by atoms with E-state index in [2.05, 4.69) is 0 Å². The van der Waals surface area contributed by atoms with Crippen LogP contribution in [0, 0.1) is 0 Å². The zero-order valence-electron chi connectivity index (χ0n) is 9.90. The van der Waals surface area contributed by atoms with Crippen LogP contribution >= 0.6 is 0 Å². The van der Waals surface area contributed by atoms with Gasteiger partial charge in [-0.2, -0.15) is 0 Å². The zero-order chi connectivity index (χ0) is 12.3. The topological polar surface area (TPSA) is 63.7 Å². The van der Waals surface area contributed by atoms with E-state index in [0.29, 0.717) is 0 Å². The first-order chi connectivity index (χ1) is 6.51. The molecule has 0 heterocycles. The number of nitrogens with zero attached hydrogens (tertiary/aromatic N) is 1. The number of hydrogen-bond donors (Lipinski definition) is 0. The molecule has 15 heavy (non-hydrogen) atoms. The lowest BCUT2D eigenvalue weighted by Crippen LogP contribution is -2.36. The Morgan fingerprint density at radius 2 is 1.80 bits per heavy atom. The molecule has 0 N–H and O–H groups in total. The minimum absolute atomic E-state index is 0.0528. The molecule has 0 bridgehead atoms. The van der Waals surface area contributed by atoms with Crippen molar-refractivity contribution in [2.24, 2.45) is 0 Å². The number of ether oxygens (including phenoxy) is 1. The minimum atomic E-state index is -3.05. The van der Waals surface area contributed by atoms with Gasteiger partial charge in [-0.1, -0.05) is 0 Å². The van der Waals surface area contributed by atoms with Crippen molar-refractivity contribution in [3.05, 3.63) is 0 Å².